The van der Waals surface area contributed by atoms with E-state index in [1.807, 2.05) is 20.8 Å². The van der Waals surface area contributed by atoms with Gasteiger partial charge in [-0.3, -0.25) is 0 Å². The largest absolute Gasteiger partial charge is 0.497 e. The molecule has 22 nitrogen and oxygen atoms in total. The molecule has 438 valence electrons. The van der Waals surface area contributed by atoms with Gasteiger partial charge in [0.05, 0.1) is 75.4 Å². The summed E-state index contributed by atoms with van der Waals surface area (Å²) in [5.41, 5.74) is 1.48. The number of fused-ring (bicyclic) bond motifs is 3. The summed E-state index contributed by atoms with van der Waals surface area (Å²) in [7, 11) is 6.20. The summed E-state index contributed by atoms with van der Waals surface area (Å²) in [6.45, 7) is 14.3. The van der Waals surface area contributed by atoms with Crippen LogP contribution in [0.25, 0.3) is 0 Å². The van der Waals surface area contributed by atoms with Crippen LogP contribution in [0.5, 0.6) is 0 Å². The van der Waals surface area contributed by atoms with E-state index in [0.717, 1.165) is 38.5 Å². The molecule has 7 saturated heterocycles. The molecule has 0 aromatic carbocycles. The average molecular weight is 1100 g/mol. The third kappa shape index (κ3) is 9.58. The molecule has 0 amide bonds. The highest BCUT2D eigenvalue weighted by Crippen LogP contribution is 2.76. The molecular weight excluding hydrogens is 1010 g/mol. The quantitative estimate of drug-likeness (QED) is 0.148. The summed E-state index contributed by atoms with van der Waals surface area (Å²) in [5, 5.41) is 52.4. The molecular formula is C55H86O22. The molecule has 22 heteroatoms. The summed E-state index contributed by atoms with van der Waals surface area (Å²) in [5.74, 6) is 1.06. The van der Waals surface area contributed by atoms with Gasteiger partial charge in [0.1, 0.15) is 66.8 Å². The molecule has 8 aliphatic heterocycles. The van der Waals surface area contributed by atoms with Crippen LogP contribution >= 0.6 is 0 Å². The monoisotopic (exact) mass is 1100 g/mol. The van der Waals surface area contributed by atoms with E-state index in [-0.39, 0.29) is 41.3 Å². The van der Waals surface area contributed by atoms with Gasteiger partial charge in [-0.15, -0.1) is 0 Å². The fourth-order valence-electron chi connectivity index (χ4n) is 16.1. The number of aliphatic hydroxyl groups is 5. The van der Waals surface area contributed by atoms with Crippen molar-refractivity contribution in [3.8, 4) is 0 Å². The fourth-order valence-corrected chi connectivity index (χ4v) is 16.1. The maximum Gasteiger partial charge on any atom is 0.202 e. The van der Waals surface area contributed by atoms with Crippen molar-refractivity contribution in [2.24, 2.45) is 28.6 Å². The highest BCUT2D eigenvalue weighted by atomic mass is 16.8. The maximum atomic E-state index is 11.5. The van der Waals surface area contributed by atoms with Crippen molar-refractivity contribution in [1.29, 1.82) is 0 Å². The van der Waals surface area contributed by atoms with Crippen molar-refractivity contribution >= 4 is 0 Å². The topological polar surface area (TPSA) is 258 Å². The minimum absolute atomic E-state index is 0.00229. The van der Waals surface area contributed by atoms with E-state index >= 15 is 0 Å². The molecule has 29 atom stereocenters. The van der Waals surface area contributed by atoms with E-state index in [9.17, 15) is 25.5 Å². The van der Waals surface area contributed by atoms with Crippen molar-refractivity contribution in [1.82, 2.24) is 0 Å². The van der Waals surface area contributed by atoms with Gasteiger partial charge in [-0.25, -0.2) is 0 Å². The first-order valence-electron chi connectivity index (χ1n) is 28.2. The highest BCUT2D eigenvalue weighted by molar-refractivity contribution is 5.30. The zero-order valence-corrected chi connectivity index (χ0v) is 46.5. The van der Waals surface area contributed by atoms with Gasteiger partial charge >= 0.3 is 0 Å². The van der Waals surface area contributed by atoms with Crippen LogP contribution in [0.1, 0.15) is 106 Å². The fraction of sp³-hybridized carbons (Fsp3) is 0.927. The number of methoxy groups -OCH3 is 4. The van der Waals surface area contributed by atoms with Crippen LogP contribution in [0.15, 0.2) is 23.2 Å². The first kappa shape index (κ1) is 57.1. The van der Waals surface area contributed by atoms with E-state index in [1.54, 1.807) is 28.3 Å². The first-order valence-corrected chi connectivity index (χ1v) is 28.2. The molecule has 77 heavy (non-hydrogen) atoms. The van der Waals surface area contributed by atoms with Gasteiger partial charge < -0.3 is 106 Å². The number of hydrogen-bond donors (Lipinski definition) is 5. The summed E-state index contributed by atoms with van der Waals surface area (Å²) >= 11 is 0. The Balaban J connectivity index is 0.671. The molecule has 3 aliphatic carbocycles. The summed E-state index contributed by atoms with van der Waals surface area (Å²) in [6.07, 6.45) is -9.36. The summed E-state index contributed by atoms with van der Waals surface area (Å²) < 4.78 is 107. The molecule has 0 unspecified atom stereocenters. The van der Waals surface area contributed by atoms with Crippen molar-refractivity contribution in [2.45, 2.75) is 253 Å². The predicted octanol–water partition coefficient (Wildman–Crippen LogP) is 2.80. The number of hydrogen-bond acceptors (Lipinski definition) is 22. The Labute approximate surface area is 451 Å². The van der Waals surface area contributed by atoms with E-state index in [2.05, 4.69) is 26.8 Å². The number of ether oxygens (including phenoxy) is 17. The Morgan fingerprint density at radius 1 is 0.649 bits per heavy atom. The average Bonchev–Trinajstić information content (AvgIpc) is 3.94. The minimum Gasteiger partial charge on any atom is -0.497 e. The van der Waals surface area contributed by atoms with Gasteiger partial charge in [-0.2, -0.15) is 0 Å². The van der Waals surface area contributed by atoms with Crippen molar-refractivity contribution in [3.63, 3.8) is 0 Å². The standard InChI is InChI=1S/C55H86O22/c1-24-44(32(61-8)19-37(66-24)70-29-14-16-52(5)28(18-29)12-13-31-30(52)15-17-53(6)49-36-23-65-54(49,7)77-55(31,53)76-36)72-38-20-33(62-9)45(25(2)67-38)73-39-21-34(63-10)46(26(3)68-39)74-51-43(60)48(64-11)47(27(4)69-51)75-50-42(59)41(58)40(57)35(22-56)71-50/h12,24-27,29-31,33-43,45-51,56-60H,13-23H2,1-11H3/t24-,25-,26-,27-,29+,30+,31-,33+,34-,35-,36-,37+,38+,39+,40-,41+,42-,43-,45-,46-,47-,48-,49+,50+,51+,52+,53-,54-,55+/m1/s1. The smallest absolute Gasteiger partial charge is 0.202 e. The SMILES string of the molecule is COC1=C(O[C@H]2C[C@H](OC)[C@H](O[C@H]3C[C@@H](OC)[C@H](O[C@@H]4O[C@H](C)[C@@H](O[C@@H]5O[C@H](CO)[C@@H](O)[C@H](O)[C@H]5O)[C@H](OC)[C@H]4O)[C@@H](C)O3)[C@@H](C)O2)[C@@H](C)O[C@@H](O[C@H]2CC[C@@]3(C)C(=CC[C@@H]4[C@@H]3CC[C@]3(C)[C@@H]5[C@H]6CO[C@]5(C)O[C@@]43O6)C2)C1. The Morgan fingerprint density at radius 2 is 1.32 bits per heavy atom. The first-order chi connectivity index (χ1) is 36.7. The zero-order valence-electron chi connectivity index (χ0n) is 46.5. The molecule has 11 rings (SSSR count). The van der Waals surface area contributed by atoms with Crippen LogP contribution in [0, 0.1) is 28.6 Å². The lowest BCUT2D eigenvalue weighted by Crippen LogP contribution is -2.65. The second-order valence-electron chi connectivity index (χ2n) is 24.3. The molecule has 5 N–H and O–H groups in total. The normalized spacial score (nSPS) is 54.3. The van der Waals surface area contributed by atoms with Crippen molar-refractivity contribution < 1.29 is 106 Å². The van der Waals surface area contributed by atoms with Gasteiger partial charge in [-0.05, 0) is 84.5 Å². The molecule has 11 aliphatic rings. The Morgan fingerprint density at radius 3 is 2.01 bits per heavy atom. The molecule has 9 fully saturated rings. The molecule has 0 aromatic rings. The van der Waals surface area contributed by atoms with Gasteiger partial charge in [-0.1, -0.05) is 25.5 Å². The summed E-state index contributed by atoms with van der Waals surface area (Å²) in [6, 6.07) is 0. The van der Waals surface area contributed by atoms with Crippen LogP contribution in [0.4, 0.5) is 0 Å². The van der Waals surface area contributed by atoms with Crippen LogP contribution in [-0.4, -0.2) is 214 Å². The second kappa shape index (κ2) is 21.8. The molecule has 2 saturated carbocycles. The molecule has 0 spiro atoms. The molecule has 8 heterocycles. The Bertz CT molecular complexity index is 2150. The van der Waals surface area contributed by atoms with Crippen molar-refractivity contribution in [3.05, 3.63) is 23.2 Å². The van der Waals surface area contributed by atoms with Gasteiger partial charge in [0, 0.05) is 45.5 Å². The van der Waals surface area contributed by atoms with Gasteiger partial charge in [0.15, 0.2) is 42.5 Å². The van der Waals surface area contributed by atoms with Crippen LogP contribution in [-0.2, 0) is 80.5 Å². The van der Waals surface area contributed by atoms with Crippen molar-refractivity contribution in [2.75, 3.05) is 41.7 Å². The molecule has 0 radical (unpaired) electrons. The highest BCUT2D eigenvalue weighted by Gasteiger charge is 2.83. The molecule has 2 bridgehead atoms. The lowest BCUT2D eigenvalue weighted by molar-refractivity contribution is -0.373. The predicted molar refractivity (Wildman–Crippen MR) is 263 cm³/mol. The summed E-state index contributed by atoms with van der Waals surface area (Å²) in [4.78, 5) is 0. The van der Waals surface area contributed by atoms with Gasteiger partial charge in [0.2, 0.25) is 6.29 Å². The Hall–Kier alpha value is -1.72. The zero-order chi connectivity index (χ0) is 54.7. The lowest BCUT2D eigenvalue weighted by Gasteiger charge is -2.59. The van der Waals surface area contributed by atoms with Crippen LogP contribution in [0.3, 0.4) is 0 Å². The third-order valence-corrected chi connectivity index (χ3v) is 20.0. The maximum absolute atomic E-state index is 11.5. The molecule has 0 aromatic heterocycles. The Kier molecular flexibility index (Phi) is 16.2. The van der Waals surface area contributed by atoms with E-state index < -0.39 is 141 Å². The number of allylic oxidation sites excluding steroid dienone is 1. The van der Waals surface area contributed by atoms with E-state index in [1.165, 1.54) is 12.7 Å². The number of aliphatic hydroxyl groups excluding tert-OH is 5. The van der Waals surface area contributed by atoms with E-state index in [4.69, 9.17) is 80.5 Å². The third-order valence-electron chi connectivity index (χ3n) is 20.0. The second-order valence-corrected chi connectivity index (χ2v) is 24.3. The number of rotatable bonds is 15. The van der Waals surface area contributed by atoms with Gasteiger partial charge in [0.25, 0.3) is 0 Å². The minimum atomic E-state index is -1.66. The van der Waals surface area contributed by atoms with Crippen LogP contribution in [0.2, 0.25) is 0 Å². The lowest BCUT2D eigenvalue weighted by atomic mass is 9.48. The van der Waals surface area contributed by atoms with Crippen LogP contribution < -0.4 is 0 Å². The van der Waals surface area contributed by atoms with E-state index in [0.29, 0.717) is 36.9 Å².